The molecule has 0 aliphatic carbocycles. The van der Waals surface area contributed by atoms with Crippen molar-refractivity contribution in [1.29, 1.82) is 0 Å². The van der Waals surface area contributed by atoms with Crippen LogP contribution in [0.3, 0.4) is 0 Å². The highest BCUT2D eigenvalue weighted by molar-refractivity contribution is 6.33. The van der Waals surface area contributed by atoms with Gasteiger partial charge in [0.25, 0.3) is 5.91 Å². The van der Waals surface area contributed by atoms with Crippen molar-refractivity contribution in [3.63, 3.8) is 0 Å². The standard InChI is InChI=1S/C21H21ClN4O/c1-21(2,3)14-8-10-15(11-9-14)24-20-23-13-12-18(26-20)19(27)25-17-7-5-4-6-16(17)22/h4-13H,1-3H3,(H,25,27)(H,23,24,26). The first-order valence-electron chi connectivity index (χ1n) is 8.59. The number of halogens is 1. The lowest BCUT2D eigenvalue weighted by Gasteiger charge is -2.19. The smallest absolute Gasteiger partial charge is 0.274 e. The van der Waals surface area contributed by atoms with Crippen molar-refractivity contribution in [2.24, 2.45) is 0 Å². The van der Waals surface area contributed by atoms with E-state index in [1.165, 1.54) is 5.56 Å². The third kappa shape index (κ3) is 4.83. The zero-order valence-electron chi connectivity index (χ0n) is 15.5. The highest BCUT2D eigenvalue weighted by atomic mass is 35.5. The molecule has 2 N–H and O–H groups in total. The first-order chi connectivity index (χ1) is 12.8. The molecule has 0 saturated carbocycles. The molecule has 0 unspecified atom stereocenters. The summed E-state index contributed by atoms with van der Waals surface area (Å²) in [6, 6.07) is 16.7. The fourth-order valence-electron chi connectivity index (χ4n) is 2.48. The fourth-order valence-corrected chi connectivity index (χ4v) is 2.66. The van der Waals surface area contributed by atoms with Gasteiger partial charge in [0.15, 0.2) is 0 Å². The maximum atomic E-state index is 12.4. The molecule has 1 aromatic heterocycles. The molecule has 138 valence electrons. The Balaban J connectivity index is 1.73. The zero-order valence-corrected chi connectivity index (χ0v) is 16.2. The lowest BCUT2D eigenvalue weighted by atomic mass is 9.87. The van der Waals surface area contributed by atoms with Crippen LogP contribution in [0.15, 0.2) is 60.8 Å². The van der Waals surface area contributed by atoms with Crippen molar-refractivity contribution >= 4 is 34.8 Å². The molecule has 27 heavy (non-hydrogen) atoms. The minimum atomic E-state index is -0.350. The van der Waals surface area contributed by atoms with Gasteiger partial charge in [-0.3, -0.25) is 4.79 Å². The first-order valence-corrected chi connectivity index (χ1v) is 8.97. The van der Waals surface area contributed by atoms with Crippen LogP contribution >= 0.6 is 11.6 Å². The van der Waals surface area contributed by atoms with Crippen molar-refractivity contribution in [3.05, 3.63) is 77.1 Å². The Hall–Kier alpha value is -2.92. The van der Waals surface area contributed by atoms with Gasteiger partial charge in [-0.2, -0.15) is 0 Å². The number of nitrogens with zero attached hydrogens (tertiary/aromatic N) is 2. The summed E-state index contributed by atoms with van der Waals surface area (Å²) in [4.78, 5) is 20.9. The summed E-state index contributed by atoms with van der Waals surface area (Å²) in [5.41, 5.74) is 2.97. The Morgan fingerprint density at radius 2 is 1.70 bits per heavy atom. The van der Waals surface area contributed by atoms with E-state index in [4.69, 9.17) is 11.6 Å². The van der Waals surface area contributed by atoms with E-state index in [0.29, 0.717) is 16.7 Å². The summed E-state index contributed by atoms with van der Waals surface area (Å²) in [5, 5.41) is 6.35. The number of nitrogens with one attached hydrogen (secondary N) is 2. The monoisotopic (exact) mass is 380 g/mol. The summed E-state index contributed by atoms with van der Waals surface area (Å²) in [6.45, 7) is 6.50. The lowest BCUT2D eigenvalue weighted by molar-refractivity contribution is 0.102. The van der Waals surface area contributed by atoms with Crippen molar-refractivity contribution < 1.29 is 4.79 Å². The molecule has 0 fully saturated rings. The number of amides is 1. The van der Waals surface area contributed by atoms with Crippen molar-refractivity contribution in [1.82, 2.24) is 9.97 Å². The van der Waals surface area contributed by atoms with E-state index in [1.807, 2.05) is 12.1 Å². The van der Waals surface area contributed by atoms with E-state index >= 15 is 0 Å². The first kappa shape index (κ1) is 18.9. The number of hydrogen-bond acceptors (Lipinski definition) is 4. The molecule has 0 bridgehead atoms. The summed E-state index contributed by atoms with van der Waals surface area (Å²) in [6.07, 6.45) is 1.54. The van der Waals surface area contributed by atoms with Crippen molar-refractivity contribution in [2.75, 3.05) is 10.6 Å². The van der Waals surface area contributed by atoms with Crippen LogP contribution in [0.1, 0.15) is 36.8 Å². The number of aromatic nitrogens is 2. The molecule has 0 radical (unpaired) electrons. The molecular weight excluding hydrogens is 360 g/mol. The van der Waals surface area contributed by atoms with E-state index in [0.717, 1.165) is 5.69 Å². The van der Waals surface area contributed by atoms with Crippen LogP contribution < -0.4 is 10.6 Å². The number of carbonyl (C=O) groups excluding carboxylic acids is 1. The molecule has 2 aromatic carbocycles. The van der Waals surface area contributed by atoms with Crippen LogP contribution in [0.4, 0.5) is 17.3 Å². The predicted octanol–water partition coefficient (Wildman–Crippen LogP) is 5.42. The molecule has 0 atom stereocenters. The van der Waals surface area contributed by atoms with Gasteiger partial charge < -0.3 is 10.6 Å². The Bertz CT molecular complexity index is 949. The van der Waals surface area contributed by atoms with Gasteiger partial charge in [-0.1, -0.05) is 56.6 Å². The van der Waals surface area contributed by atoms with Gasteiger partial charge in [0.1, 0.15) is 5.69 Å². The van der Waals surface area contributed by atoms with Gasteiger partial charge in [0.05, 0.1) is 10.7 Å². The number of benzene rings is 2. The van der Waals surface area contributed by atoms with Crippen LogP contribution in [0.25, 0.3) is 0 Å². The topological polar surface area (TPSA) is 66.9 Å². The molecule has 5 nitrogen and oxygen atoms in total. The van der Waals surface area contributed by atoms with Gasteiger partial charge in [-0.25, -0.2) is 9.97 Å². The van der Waals surface area contributed by atoms with E-state index in [1.54, 1.807) is 36.5 Å². The predicted molar refractivity (Wildman–Crippen MR) is 110 cm³/mol. The number of para-hydroxylation sites is 1. The molecular formula is C21H21ClN4O. The van der Waals surface area contributed by atoms with Crippen molar-refractivity contribution in [3.8, 4) is 0 Å². The van der Waals surface area contributed by atoms with Gasteiger partial charge in [-0.15, -0.1) is 0 Å². The maximum absolute atomic E-state index is 12.4. The third-order valence-corrected chi connectivity index (χ3v) is 4.35. The van der Waals surface area contributed by atoms with Crippen LogP contribution in [-0.2, 0) is 5.41 Å². The zero-order chi connectivity index (χ0) is 19.4. The molecule has 0 aliphatic heterocycles. The SMILES string of the molecule is CC(C)(C)c1ccc(Nc2nccc(C(=O)Nc3ccccc3Cl)n2)cc1. The van der Waals surface area contributed by atoms with E-state index < -0.39 is 0 Å². The third-order valence-electron chi connectivity index (χ3n) is 4.02. The average Bonchev–Trinajstić information content (AvgIpc) is 2.63. The van der Waals surface area contributed by atoms with E-state index in [2.05, 4.69) is 53.5 Å². The minimum Gasteiger partial charge on any atom is -0.324 e. The van der Waals surface area contributed by atoms with Gasteiger partial charge >= 0.3 is 0 Å². The second kappa shape index (κ2) is 7.76. The van der Waals surface area contributed by atoms with Gasteiger partial charge in [0.2, 0.25) is 5.95 Å². The summed E-state index contributed by atoms with van der Waals surface area (Å²) < 4.78 is 0. The van der Waals surface area contributed by atoms with Crippen molar-refractivity contribution in [2.45, 2.75) is 26.2 Å². The molecule has 3 aromatic rings. The Morgan fingerprint density at radius 3 is 2.37 bits per heavy atom. The van der Waals surface area contributed by atoms with Crippen LogP contribution in [0.2, 0.25) is 5.02 Å². The van der Waals surface area contributed by atoms with Crippen LogP contribution in [-0.4, -0.2) is 15.9 Å². The van der Waals surface area contributed by atoms with Gasteiger partial charge in [-0.05, 0) is 41.3 Å². The second-order valence-corrected chi connectivity index (χ2v) is 7.56. The Kier molecular flexibility index (Phi) is 5.42. The number of hydrogen-bond donors (Lipinski definition) is 2. The number of carbonyl (C=O) groups is 1. The Labute approximate surface area is 163 Å². The highest BCUT2D eigenvalue weighted by Gasteiger charge is 2.14. The quantitative estimate of drug-likeness (QED) is 0.633. The maximum Gasteiger partial charge on any atom is 0.274 e. The molecule has 1 amide bonds. The summed E-state index contributed by atoms with van der Waals surface area (Å²) in [5.74, 6) is 0.00180. The average molecular weight is 381 g/mol. The summed E-state index contributed by atoms with van der Waals surface area (Å²) in [7, 11) is 0. The molecule has 0 aliphatic rings. The fraction of sp³-hybridized carbons (Fsp3) is 0.190. The molecule has 6 heteroatoms. The van der Waals surface area contributed by atoms with E-state index in [-0.39, 0.29) is 17.0 Å². The molecule has 0 spiro atoms. The van der Waals surface area contributed by atoms with Gasteiger partial charge in [0, 0.05) is 11.9 Å². The molecule has 0 saturated heterocycles. The van der Waals surface area contributed by atoms with Crippen LogP contribution in [0.5, 0.6) is 0 Å². The molecule has 3 rings (SSSR count). The van der Waals surface area contributed by atoms with Crippen LogP contribution in [0, 0.1) is 0 Å². The number of anilines is 3. The summed E-state index contributed by atoms with van der Waals surface area (Å²) >= 11 is 6.08. The highest BCUT2D eigenvalue weighted by Crippen LogP contribution is 2.24. The minimum absolute atomic E-state index is 0.0890. The lowest BCUT2D eigenvalue weighted by Crippen LogP contribution is -2.15. The van der Waals surface area contributed by atoms with E-state index in [9.17, 15) is 4.79 Å². The largest absolute Gasteiger partial charge is 0.324 e. The normalized spacial score (nSPS) is 11.1. The number of rotatable bonds is 4. The molecule has 1 heterocycles. The Morgan fingerprint density at radius 1 is 1.00 bits per heavy atom. The second-order valence-electron chi connectivity index (χ2n) is 7.15.